The SMILES string of the molecule is Cc1cc(OCC(=O)NC(C)CN)ncn1. The average Bonchev–Trinajstić information content (AvgIpc) is 2.26. The molecule has 1 amide bonds. The summed E-state index contributed by atoms with van der Waals surface area (Å²) < 4.78 is 5.19. The van der Waals surface area contributed by atoms with Crippen molar-refractivity contribution in [2.45, 2.75) is 19.9 Å². The van der Waals surface area contributed by atoms with E-state index < -0.39 is 0 Å². The molecule has 0 aliphatic rings. The highest BCUT2D eigenvalue weighted by molar-refractivity contribution is 5.77. The Bertz CT molecular complexity index is 356. The Balaban J connectivity index is 2.37. The maximum Gasteiger partial charge on any atom is 0.258 e. The summed E-state index contributed by atoms with van der Waals surface area (Å²) in [4.78, 5) is 19.1. The van der Waals surface area contributed by atoms with E-state index >= 15 is 0 Å². The Morgan fingerprint density at radius 2 is 2.38 bits per heavy atom. The minimum absolute atomic E-state index is 0.0526. The van der Waals surface area contributed by atoms with E-state index in [2.05, 4.69) is 15.3 Å². The maximum atomic E-state index is 11.3. The van der Waals surface area contributed by atoms with Gasteiger partial charge in [0.25, 0.3) is 5.91 Å². The summed E-state index contributed by atoms with van der Waals surface area (Å²) in [6, 6.07) is 1.61. The molecule has 1 heterocycles. The molecule has 0 aliphatic carbocycles. The Kier molecular flexibility index (Phi) is 4.65. The molecule has 0 bridgehead atoms. The van der Waals surface area contributed by atoms with Gasteiger partial charge in [0.15, 0.2) is 6.61 Å². The van der Waals surface area contributed by atoms with Crippen molar-refractivity contribution in [1.82, 2.24) is 15.3 Å². The maximum absolute atomic E-state index is 11.3. The Morgan fingerprint density at radius 3 is 3.00 bits per heavy atom. The van der Waals surface area contributed by atoms with Gasteiger partial charge in [-0.25, -0.2) is 9.97 Å². The number of carbonyl (C=O) groups excluding carboxylic acids is 1. The third kappa shape index (κ3) is 4.22. The van der Waals surface area contributed by atoms with Crippen molar-refractivity contribution < 1.29 is 9.53 Å². The molecule has 0 spiro atoms. The number of rotatable bonds is 5. The first kappa shape index (κ1) is 12.4. The fourth-order valence-corrected chi connectivity index (χ4v) is 1.02. The van der Waals surface area contributed by atoms with Gasteiger partial charge in [0.1, 0.15) is 6.33 Å². The van der Waals surface area contributed by atoms with Crippen molar-refractivity contribution in [2.75, 3.05) is 13.2 Å². The average molecular weight is 224 g/mol. The van der Waals surface area contributed by atoms with Crippen LogP contribution in [0, 0.1) is 6.92 Å². The van der Waals surface area contributed by atoms with Gasteiger partial charge in [-0.05, 0) is 13.8 Å². The Morgan fingerprint density at radius 1 is 1.62 bits per heavy atom. The van der Waals surface area contributed by atoms with Crippen LogP contribution in [0.3, 0.4) is 0 Å². The van der Waals surface area contributed by atoms with Crippen LogP contribution in [-0.4, -0.2) is 35.1 Å². The fraction of sp³-hybridized carbons (Fsp3) is 0.500. The molecule has 16 heavy (non-hydrogen) atoms. The molecular formula is C10H16N4O2. The lowest BCUT2D eigenvalue weighted by atomic mass is 10.3. The van der Waals surface area contributed by atoms with Crippen LogP contribution in [0.25, 0.3) is 0 Å². The van der Waals surface area contributed by atoms with Crippen LogP contribution in [0.2, 0.25) is 0 Å². The van der Waals surface area contributed by atoms with Crippen LogP contribution < -0.4 is 15.8 Å². The van der Waals surface area contributed by atoms with Crippen LogP contribution in [0.1, 0.15) is 12.6 Å². The van der Waals surface area contributed by atoms with E-state index in [1.165, 1.54) is 6.33 Å². The number of aryl methyl sites for hydroxylation is 1. The van der Waals surface area contributed by atoms with Crippen molar-refractivity contribution in [2.24, 2.45) is 5.73 Å². The predicted octanol–water partition coefficient (Wildman–Crippen LogP) is -0.373. The van der Waals surface area contributed by atoms with Gasteiger partial charge in [0.2, 0.25) is 5.88 Å². The smallest absolute Gasteiger partial charge is 0.258 e. The monoisotopic (exact) mass is 224 g/mol. The van der Waals surface area contributed by atoms with E-state index in [9.17, 15) is 4.79 Å². The second-order valence-corrected chi connectivity index (χ2v) is 3.49. The van der Waals surface area contributed by atoms with Crippen molar-refractivity contribution >= 4 is 5.91 Å². The van der Waals surface area contributed by atoms with Crippen molar-refractivity contribution in [3.63, 3.8) is 0 Å². The van der Waals surface area contributed by atoms with Gasteiger partial charge in [-0.3, -0.25) is 4.79 Å². The summed E-state index contributed by atoms with van der Waals surface area (Å²) in [6.45, 7) is 3.98. The lowest BCUT2D eigenvalue weighted by molar-refractivity contribution is -0.123. The van der Waals surface area contributed by atoms with E-state index in [-0.39, 0.29) is 18.6 Å². The molecule has 1 unspecified atom stereocenters. The van der Waals surface area contributed by atoms with Gasteiger partial charge in [0, 0.05) is 24.3 Å². The van der Waals surface area contributed by atoms with E-state index in [0.29, 0.717) is 12.4 Å². The zero-order valence-corrected chi connectivity index (χ0v) is 9.43. The number of nitrogens with zero attached hydrogens (tertiary/aromatic N) is 2. The first-order chi connectivity index (χ1) is 7.61. The molecule has 6 nitrogen and oxygen atoms in total. The fourth-order valence-electron chi connectivity index (χ4n) is 1.02. The van der Waals surface area contributed by atoms with E-state index in [1.54, 1.807) is 6.07 Å². The van der Waals surface area contributed by atoms with Crippen molar-refractivity contribution in [1.29, 1.82) is 0 Å². The molecule has 3 N–H and O–H groups in total. The zero-order chi connectivity index (χ0) is 12.0. The predicted molar refractivity (Wildman–Crippen MR) is 58.9 cm³/mol. The highest BCUT2D eigenvalue weighted by Crippen LogP contribution is 2.04. The Labute approximate surface area is 94.2 Å². The van der Waals surface area contributed by atoms with Gasteiger partial charge in [-0.1, -0.05) is 0 Å². The number of nitrogens with two attached hydrogens (primary N) is 1. The molecule has 1 aromatic rings. The number of ether oxygens (including phenoxy) is 1. The molecule has 6 heteroatoms. The van der Waals surface area contributed by atoms with Gasteiger partial charge in [0.05, 0.1) is 0 Å². The summed E-state index contributed by atoms with van der Waals surface area (Å²) in [5.74, 6) is 0.178. The summed E-state index contributed by atoms with van der Waals surface area (Å²) in [7, 11) is 0. The highest BCUT2D eigenvalue weighted by atomic mass is 16.5. The molecule has 0 saturated heterocycles. The molecule has 0 aliphatic heterocycles. The van der Waals surface area contributed by atoms with Crippen LogP contribution in [0.4, 0.5) is 0 Å². The normalized spacial score (nSPS) is 11.9. The standard InChI is InChI=1S/C10H16N4O2/c1-7-3-10(13-6-12-7)16-5-9(15)14-8(2)4-11/h3,6,8H,4-5,11H2,1-2H3,(H,14,15). The van der Waals surface area contributed by atoms with Crippen LogP contribution in [0.15, 0.2) is 12.4 Å². The molecule has 0 fully saturated rings. The largest absolute Gasteiger partial charge is 0.467 e. The van der Waals surface area contributed by atoms with E-state index in [1.807, 2.05) is 13.8 Å². The highest BCUT2D eigenvalue weighted by Gasteiger charge is 2.06. The molecule has 0 radical (unpaired) electrons. The van der Waals surface area contributed by atoms with Crippen LogP contribution in [-0.2, 0) is 4.79 Å². The van der Waals surface area contributed by atoms with Gasteiger partial charge < -0.3 is 15.8 Å². The topological polar surface area (TPSA) is 90.1 Å². The molecule has 0 aromatic carbocycles. The molecule has 1 aromatic heterocycles. The summed E-state index contributed by atoms with van der Waals surface area (Å²) >= 11 is 0. The first-order valence-corrected chi connectivity index (χ1v) is 5.02. The molecule has 88 valence electrons. The minimum Gasteiger partial charge on any atom is -0.467 e. The van der Waals surface area contributed by atoms with Gasteiger partial charge in [-0.2, -0.15) is 0 Å². The van der Waals surface area contributed by atoms with Crippen molar-refractivity contribution in [3.05, 3.63) is 18.1 Å². The van der Waals surface area contributed by atoms with E-state index in [0.717, 1.165) is 5.69 Å². The van der Waals surface area contributed by atoms with Gasteiger partial charge >= 0.3 is 0 Å². The third-order valence-electron chi connectivity index (χ3n) is 1.89. The number of hydrogen-bond donors (Lipinski definition) is 2. The second kappa shape index (κ2) is 6.02. The first-order valence-electron chi connectivity index (χ1n) is 5.02. The molecule has 1 atom stereocenters. The summed E-state index contributed by atoms with van der Waals surface area (Å²) in [6.07, 6.45) is 1.39. The number of amides is 1. The lowest BCUT2D eigenvalue weighted by Gasteiger charge is -2.11. The van der Waals surface area contributed by atoms with Gasteiger partial charge in [-0.15, -0.1) is 0 Å². The van der Waals surface area contributed by atoms with Crippen LogP contribution in [0.5, 0.6) is 5.88 Å². The van der Waals surface area contributed by atoms with Crippen LogP contribution >= 0.6 is 0 Å². The number of aromatic nitrogens is 2. The summed E-state index contributed by atoms with van der Waals surface area (Å²) in [5.41, 5.74) is 6.16. The quantitative estimate of drug-likeness (QED) is 0.712. The lowest BCUT2D eigenvalue weighted by Crippen LogP contribution is -2.40. The Hall–Kier alpha value is -1.69. The third-order valence-corrected chi connectivity index (χ3v) is 1.89. The zero-order valence-electron chi connectivity index (χ0n) is 9.43. The van der Waals surface area contributed by atoms with E-state index in [4.69, 9.17) is 10.5 Å². The number of hydrogen-bond acceptors (Lipinski definition) is 5. The molecular weight excluding hydrogens is 208 g/mol. The molecule has 0 saturated carbocycles. The summed E-state index contributed by atoms with van der Waals surface area (Å²) in [5, 5.41) is 2.68. The van der Waals surface area contributed by atoms with Crippen molar-refractivity contribution in [3.8, 4) is 5.88 Å². The second-order valence-electron chi connectivity index (χ2n) is 3.49. The number of nitrogens with one attached hydrogen (secondary N) is 1. The molecule has 1 rings (SSSR count). The number of carbonyl (C=O) groups is 1. The minimum atomic E-state index is -0.214.